The summed E-state index contributed by atoms with van der Waals surface area (Å²) in [6, 6.07) is 7.25. The Balaban J connectivity index is 2.78. The minimum absolute atomic E-state index is 0.146. The van der Waals surface area contributed by atoms with Crippen molar-refractivity contribution >= 4 is 0 Å². The van der Waals surface area contributed by atoms with E-state index in [9.17, 15) is 5.11 Å². The lowest BCUT2D eigenvalue weighted by Crippen LogP contribution is -1.93. The zero-order chi connectivity index (χ0) is 10.4. The van der Waals surface area contributed by atoms with E-state index < -0.39 is 0 Å². The topological polar surface area (TPSA) is 53.2 Å². The number of aryl methyl sites for hydroxylation is 1. The van der Waals surface area contributed by atoms with Gasteiger partial charge in [-0.05, 0) is 31.0 Å². The predicted octanol–water partition coefficient (Wildman–Crippen LogP) is 2.25. The standard InChI is InChI=1S/C11H13NO2/c1-2-14-11-8-9(4-3-7-12)5-6-10(11)13/h5-6,8,13H,2-4H2,1H3. The summed E-state index contributed by atoms with van der Waals surface area (Å²) in [5.41, 5.74) is 1.01. The van der Waals surface area contributed by atoms with E-state index in [4.69, 9.17) is 10.00 Å². The van der Waals surface area contributed by atoms with E-state index >= 15 is 0 Å². The zero-order valence-corrected chi connectivity index (χ0v) is 8.16. The molecule has 74 valence electrons. The molecule has 0 aliphatic heterocycles. The van der Waals surface area contributed by atoms with E-state index in [1.54, 1.807) is 18.2 Å². The van der Waals surface area contributed by atoms with Gasteiger partial charge in [-0.25, -0.2) is 0 Å². The fourth-order valence-corrected chi connectivity index (χ4v) is 1.19. The van der Waals surface area contributed by atoms with Crippen LogP contribution in [0.3, 0.4) is 0 Å². The molecule has 0 unspecified atom stereocenters. The summed E-state index contributed by atoms with van der Waals surface area (Å²) in [5, 5.41) is 17.8. The number of nitrogens with zero attached hydrogens (tertiary/aromatic N) is 1. The van der Waals surface area contributed by atoms with Gasteiger partial charge in [0.1, 0.15) is 0 Å². The first-order valence-electron chi connectivity index (χ1n) is 4.59. The minimum atomic E-state index is 0.146. The summed E-state index contributed by atoms with van der Waals surface area (Å²) >= 11 is 0. The van der Waals surface area contributed by atoms with E-state index in [0.29, 0.717) is 25.2 Å². The first kappa shape index (κ1) is 10.4. The normalized spacial score (nSPS) is 9.43. The van der Waals surface area contributed by atoms with Gasteiger partial charge in [-0.2, -0.15) is 5.26 Å². The number of phenolic OH excluding ortho intramolecular Hbond substituents is 1. The third kappa shape index (κ3) is 2.67. The lowest BCUT2D eigenvalue weighted by atomic mass is 10.1. The molecular formula is C11H13NO2. The van der Waals surface area contributed by atoms with Crippen LogP contribution in [0.4, 0.5) is 0 Å². The second kappa shape index (κ2) is 5.13. The molecule has 0 aliphatic carbocycles. The summed E-state index contributed by atoms with van der Waals surface area (Å²) < 4.78 is 5.22. The number of hydrogen-bond acceptors (Lipinski definition) is 3. The van der Waals surface area contributed by atoms with Gasteiger partial charge in [0.15, 0.2) is 11.5 Å². The maximum absolute atomic E-state index is 9.40. The van der Waals surface area contributed by atoms with Gasteiger partial charge in [0, 0.05) is 6.42 Å². The Kier molecular flexibility index (Phi) is 3.81. The summed E-state index contributed by atoms with van der Waals surface area (Å²) in [5.74, 6) is 0.635. The average molecular weight is 191 g/mol. The Morgan fingerprint density at radius 3 is 2.93 bits per heavy atom. The first-order chi connectivity index (χ1) is 6.77. The number of rotatable bonds is 4. The van der Waals surface area contributed by atoms with Crippen molar-refractivity contribution in [2.45, 2.75) is 19.8 Å². The van der Waals surface area contributed by atoms with Crippen LogP contribution in [0, 0.1) is 11.3 Å². The highest BCUT2D eigenvalue weighted by molar-refractivity contribution is 5.41. The van der Waals surface area contributed by atoms with E-state index in [1.165, 1.54) is 0 Å². The van der Waals surface area contributed by atoms with Crippen LogP contribution in [0.25, 0.3) is 0 Å². The summed E-state index contributed by atoms with van der Waals surface area (Å²) in [6.07, 6.45) is 1.17. The number of aromatic hydroxyl groups is 1. The number of benzene rings is 1. The van der Waals surface area contributed by atoms with Gasteiger partial charge in [0.2, 0.25) is 0 Å². The third-order valence-corrected chi connectivity index (χ3v) is 1.85. The van der Waals surface area contributed by atoms with E-state index in [0.717, 1.165) is 5.56 Å². The fourth-order valence-electron chi connectivity index (χ4n) is 1.19. The average Bonchev–Trinajstić information content (AvgIpc) is 2.19. The molecule has 0 heterocycles. The van der Waals surface area contributed by atoms with Crippen molar-refractivity contribution in [1.29, 1.82) is 5.26 Å². The van der Waals surface area contributed by atoms with Gasteiger partial charge in [-0.3, -0.25) is 0 Å². The lowest BCUT2D eigenvalue weighted by Gasteiger charge is -2.07. The molecule has 1 N–H and O–H groups in total. The molecule has 14 heavy (non-hydrogen) atoms. The molecule has 0 aliphatic rings. The Morgan fingerprint density at radius 2 is 2.29 bits per heavy atom. The second-order valence-corrected chi connectivity index (χ2v) is 2.89. The Hall–Kier alpha value is -1.69. The number of ether oxygens (including phenoxy) is 1. The highest BCUT2D eigenvalue weighted by Gasteiger charge is 2.02. The van der Waals surface area contributed by atoms with Crippen molar-refractivity contribution in [1.82, 2.24) is 0 Å². The molecule has 0 fully saturated rings. The molecule has 0 bridgehead atoms. The molecule has 0 aromatic heterocycles. The van der Waals surface area contributed by atoms with Gasteiger partial charge in [-0.1, -0.05) is 6.07 Å². The predicted molar refractivity (Wildman–Crippen MR) is 53.2 cm³/mol. The first-order valence-corrected chi connectivity index (χ1v) is 4.59. The maximum atomic E-state index is 9.40. The van der Waals surface area contributed by atoms with Crippen LogP contribution in [-0.2, 0) is 6.42 Å². The molecule has 1 aromatic rings. The molecule has 0 atom stereocenters. The number of hydrogen-bond donors (Lipinski definition) is 1. The van der Waals surface area contributed by atoms with Crippen LogP contribution in [0.5, 0.6) is 11.5 Å². The molecule has 0 saturated heterocycles. The van der Waals surface area contributed by atoms with Crippen LogP contribution in [0.15, 0.2) is 18.2 Å². The van der Waals surface area contributed by atoms with E-state index in [1.807, 2.05) is 6.92 Å². The molecule has 0 saturated carbocycles. The van der Waals surface area contributed by atoms with Crippen molar-refractivity contribution < 1.29 is 9.84 Å². The van der Waals surface area contributed by atoms with Gasteiger partial charge in [0.05, 0.1) is 12.7 Å². The van der Waals surface area contributed by atoms with E-state index in [-0.39, 0.29) is 5.75 Å². The maximum Gasteiger partial charge on any atom is 0.161 e. The third-order valence-electron chi connectivity index (χ3n) is 1.85. The van der Waals surface area contributed by atoms with Crippen molar-refractivity contribution in [3.63, 3.8) is 0 Å². The highest BCUT2D eigenvalue weighted by Crippen LogP contribution is 2.27. The summed E-state index contributed by atoms with van der Waals surface area (Å²) in [6.45, 7) is 2.39. The largest absolute Gasteiger partial charge is 0.504 e. The Morgan fingerprint density at radius 1 is 1.50 bits per heavy atom. The van der Waals surface area contributed by atoms with Gasteiger partial charge < -0.3 is 9.84 Å². The van der Waals surface area contributed by atoms with Crippen molar-refractivity contribution in [2.75, 3.05) is 6.61 Å². The second-order valence-electron chi connectivity index (χ2n) is 2.89. The summed E-state index contributed by atoms with van der Waals surface area (Å²) in [7, 11) is 0. The van der Waals surface area contributed by atoms with Gasteiger partial charge in [-0.15, -0.1) is 0 Å². The van der Waals surface area contributed by atoms with Gasteiger partial charge in [0.25, 0.3) is 0 Å². The van der Waals surface area contributed by atoms with Crippen LogP contribution >= 0.6 is 0 Å². The van der Waals surface area contributed by atoms with Gasteiger partial charge >= 0.3 is 0 Å². The minimum Gasteiger partial charge on any atom is -0.504 e. The smallest absolute Gasteiger partial charge is 0.161 e. The zero-order valence-electron chi connectivity index (χ0n) is 8.16. The number of nitriles is 1. The van der Waals surface area contributed by atoms with Crippen LogP contribution in [0.1, 0.15) is 18.9 Å². The lowest BCUT2D eigenvalue weighted by molar-refractivity contribution is 0.318. The fraction of sp³-hybridized carbons (Fsp3) is 0.364. The van der Waals surface area contributed by atoms with Crippen LogP contribution in [-0.4, -0.2) is 11.7 Å². The van der Waals surface area contributed by atoms with E-state index in [2.05, 4.69) is 6.07 Å². The van der Waals surface area contributed by atoms with Crippen LogP contribution in [0.2, 0.25) is 0 Å². The Bertz CT molecular complexity index is 342. The summed E-state index contributed by atoms with van der Waals surface area (Å²) in [4.78, 5) is 0. The molecule has 3 nitrogen and oxygen atoms in total. The highest BCUT2D eigenvalue weighted by atomic mass is 16.5. The number of phenols is 1. The van der Waals surface area contributed by atoms with Crippen molar-refractivity contribution in [3.05, 3.63) is 23.8 Å². The Labute approximate surface area is 83.6 Å². The monoisotopic (exact) mass is 191 g/mol. The van der Waals surface area contributed by atoms with Crippen molar-refractivity contribution in [3.8, 4) is 17.6 Å². The molecule has 1 aromatic carbocycles. The molecule has 3 heteroatoms. The molecule has 0 radical (unpaired) electrons. The van der Waals surface area contributed by atoms with Crippen molar-refractivity contribution in [2.24, 2.45) is 0 Å². The van der Waals surface area contributed by atoms with Crippen LogP contribution < -0.4 is 4.74 Å². The molecule has 0 amide bonds. The SMILES string of the molecule is CCOc1cc(CCC#N)ccc1O. The quantitative estimate of drug-likeness (QED) is 0.794. The molecule has 1 rings (SSSR count). The molecular weight excluding hydrogens is 178 g/mol. The molecule has 0 spiro atoms.